The van der Waals surface area contributed by atoms with Gasteiger partial charge in [-0.05, 0) is 29.5 Å². The Bertz CT molecular complexity index is 616. The van der Waals surface area contributed by atoms with Crippen molar-refractivity contribution in [3.8, 4) is 0 Å². The SMILES string of the molecule is Cc1ccc(F)c([B]c2c(F)cc(F)cc2F)c1F. The molecule has 0 fully saturated rings. The van der Waals surface area contributed by atoms with E-state index in [1.165, 1.54) is 13.0 Å². The second-order valence-electron chi connectivity index (χ2n) is 4.02. The quantitative estimate of drug-likeness (QED) is 0.580. The normalized spacial score (nSPS) is 10.6. The molecule has 0 heterocycles. The average Bonchev–Trinajstić information content (AvgIpc) is 2.32. The van der Waals surface area contributed by atoms with E-state index < -0.39 is 40.0 Å². The van der Waals surface area contributed by atoms with Crippen molar-refractivity contribution in [3.63, 3.8) is 0 Å². The zero-order valence-electron chi connectivity index (χ0n) is 9.78. The van der Waals surface area contributed by atoms with Crippen LogP contribution in [-0.4, -0.2) is 7.28 Å². The van der Waals surface area contributed by atoms with Crippen molar-refractivity contribution in [1.82, 2.24) is 0 Å². The lowest BCUT2D eigenvalue weighted by Crippen LogP contribution is -2.36. The third-order valence-corrected chi connectivity index (χ3v) is 2.65. The molecule has 2 aromatic rings. The molecule has 19 heavy (non-hydrogen) atoms. The molecule has 0 unspecified atom stereocenters. The Kier molecular flexibility index (Phi) is 3.60. The highest BCUT2D eigenvalue weighted by atomic mass is 19.2. The second kappa shape index (κ2) is 5.03. The third kappa shape index (κ3) is 2.62. The van der Waals surface area contributed by atoms with Crippen LogP contribution in [0.4, 0.5) is 22.0 Å². The standard InChI is InChI=1S/C13H7BF5/c1-6-2-3-8(16)12(13(6)19)14-11-9(17)4-7(15)5-10(11)18/h2-5H,1H3. The van der Waals surface area contributed by atoms with Crippen LogP contribution in [0.25, 0.3) is 0 Å². The van der Waals surface area contributed by atoms with E-state index in [0.29, 0.717) is 19.4 Å². The molecule has 0 nitrogen and oxygen atoms in total. The molecule has 0 N–H and O–H groups in total. The molecule has 0 aliphatic rings. The lowest BCUT2D eigenvalue weighted by atomic mass is 9.62. The van der Waals surface area contributed by atoms with Gasteiger partial charge >= 0.3 is 0 Å². The molecule has 0 saturated carbocycles. The van der Waals surface area contributed by atoms with Gasteiger partial charge in [0.05, 0.1) is 0 Å². The summed E-state index contributed by atoms with van der Waals surface area (Å²) in [6.07, 6.45) is 0. The number of rotatable bonds is 2. The van der Waals surface area contributed by atoms with Gasteiger partial charge in [0.15, 0.2) is 0 Å². The van der Waals surface area contributed by atoms with Gasteiger partial charge in [0, 0.05) is 12.1 Å². The molecule has 97 valence electrons. The minimum Gasteiger partial charge on any atom is -0.208 e. The van der Waals surface area contributed by atoms with E-state index in [1.807, 2.05) is 0 Å². The van der Waals surface area contributed by atoms with E-state index in [0.717, 1.165) is 6.07 Å². The van der Waals surface area contributed by atoms with Crippen molar-refractivity contribution in [3.05, 3.63) is 58.9 Å². The van der Waals surface area contributed by atoms with Gasteiger partial charge < -0.3 is 0 Å². The Morgan fingerprint density at radius 3 is 1.95 bits per heavy atom. The molecule has 0 atom stereocenters. The van der Waals surface area contributed by atoms with Crippen LogP contribution in [0, 0.1) is 36.0 Å². The second-order valence-corrected chi connectivity index (χ2v) is 4.02. The van der Waals surface area contributed by atoms with Crippen LogP contribution in [0.15, 0.2) is 24.3 Å². The van der Waals surface area contributed by atoms with Crippen LogP contribution in [0.5, 0.6) is 0 Å². The molecular formula is C13H7BF5. The van der Waals surface area contributed by atoms with E-state index in [4.69, 9.17) is 0 Å². The molecule has 0 aliphatic heterocycles. The van der Waals surface area contributed by atoms with Gasteiger partial charge in [-0.15, -0.1) is 0 Å². The number of halogens is 5. The van der Waals surface area contributed by atoms with E-state index >= 15 is 0 Å². The highest BCUT2D eigenvalue weighted by Crippen LogP contribution is 2.08. The predicted octanol–water partition coefficient (Wildman–Crippen LogP) is 2.35. The molecule has 0 spiro atoms. The first-order valence-corrected chi connectivity index (χ1v) is 5.34. The largest absolute Gasteiger partial charge is 0.208 e. The fraction of sp³-hybridized carbons (Fsp3) is 0.0769. The van der Waals surface area contributed by atoms with E-state index in [2.05, 4.69) is 0 Å². The maximum atomic E-state index is 13.7. The maximum absolute atomic E-state index is 13.7. The van der Waals surface area contributed by atoms with Gasteiger partial charge in [0.2, 0.25) is 7.28 Å². The van der Waals surface area contributed by atoms with Gasteiger partial charge in [-0.2, -0.15) is 0 Å². The molecule has 6 heteroatoms. The Hall–Kier alpha value is -1.85. The Balaban J connectivity index is 2.51. The minimum atomic E-state index is -1.22. The summed E-state index contributed by atoms with van der Waals surface area (Å²) in [4.78, 5) is 0. The van der Waals surface area contributed by atoms with Gasteiger partial charge in [-0.3, -0.25) is 0 Å². The van der Waals surface area contributed by atoms with Crippen LogP contribution in [0.2, 0.25) is 0 Å². The molecule has 1 radical (unpaired) electrons. The van der Waals surface area contributed by atoms with Crippen LogP contribution < -0.4 is 10.9 Å². The van der Waals surface area contributed by atoms with Crippen LogP contribution >= 0.6 is 0 Å². The molecule has 0 saturated heterocycles. The first-order chi connectivity index (χ1) is 8.90. The van der Waals surface area contributed by atoms with E-state index in [1.54, 1.807) is 0 Å². The maximum Gasteiger partial charge on any atom is 0.207 e. The average molecular weight is 269 g/mol. The number of hydrogen-bond acceptors (Lipinski definition) is 0. The van der Waals surface area contributed by atoms with Crippen molar-refractivity contribution >= 4 is 18.2 Å². The fourth-order valence-corrected chi connectivity index (χ4v) is 1.65. The molecule has 0 aromatic heterocycles. The lowest BCUT2D eigenvalue weighted by molar-refractivity contribution is 0.553. The lowest BCUT2D eigenvalue weighted by Gasteiger charge is -2.08. The van der Waals surface area contributed by atoms with Crippen molar-refractivity contribution < 1.29 is 22.0 Å². The van der Waals surface area contributed by atoms with E-state index in [9.17, 15) is 22.0 Å². The molecular weight excluding hydrogens is 262 g/mol. The zero-order valence-corrected chi connectivity index (χ0v) is 9.78. The summed E-state index contributed by atoms with van der Waals surface area (Å²) in [6, 6.07) is 3.09. The summed E-state index contributed by atoms with van der Waals surface area (Å²) in [5.41, 5.74) is -1.12. The summed E-state index contributed by atoms with van der Waals surface area (Å²) in [7, 11) is 0.682. The van der Waals surface area contributed by atoms with Crippen molar-refractivity contribution in [2.75, 3.05) is 0 Å². The first-order valence-electron chi connectivity index (χ1n) is 5.34. The molecule has 0 aliphatic carbocycles. The fourth-order valence-electron chi connectivity index (χ4n) is 1.65. The summed E-state index contributed by atoms with van der Waals surface area (Å²) in [6.45, 7) is 1.39. The molecule has 0 bridgehead atoms. The summed E-state index contributed by atoms with van der Waals surface area (Å²) in [5.74, 6) is -5.41. The van der Waals surface area contributed by atoms with Gasteiger partial charge in [0.25, 0.3) is 0 Å². The topological polar surface area (TPSA) is 0 Å². The van der Waals surface area contributed by atoms with Gasteiger partial charge in [0.1, 0.15) is 29.1 Å². The third-order valence-electron chi connectivity index (χ3n) is 2.65. The summed E-state index contributed by atoms with van der Waals surface area (Å²) >= 11 is 0. The summed E-state index contributed by atoms with van der Waals surface area (Å²) in [5, 5.41) is 0. The van der Waals surface area contributed by atoms with Crippen LogP contribution in [0.1, 0.15) is 5.56 Å². The number of benzene rings is 2. The number of aryl methyl sites for hydroxylation is 1. The first kappa shape index (κ1) is 13.6. The van der Waals surface area contributed by atoms with E-state index in [-0.39, 0.29) is 5.56 Å². The Morgan fingerprint density at radius 1 is 0.789 bits per heavy atom. The summed E-state index contributed by atoms with van der Waals surface area (Å²) < 4.78 is 66.7. The molecule has 0 amide bonds. The predicted molar refractivity (Wildman–Crippen MR) is 62.4 cm³/mol. The minimum absolute atomic E-state index is 0.135. The molecule has 2 rings (SSSR count). The van der Waals surface area contributed by atoms with Gasteiger partial charge in [-0.1, -0.05) is 6.07 Å². The number of hydrogen-bond donors (Lipinski definition) is 0. The van der Waals surface area contributed by atoms with Crippen molar-refractivity contribution in [2.24, 2.45) is 0 Å². The molecule has 2 aromatic carbocycles. The van der Waals surface area contributed by atoms with Crippen molar-refractivity contribution in [1.29, 1.82) is 0 Å². The van der Waals surface area contributed by atoms with Crippen LogP contribution in [0.3, 0.4) is 0 Å². The van der Waals surface area contributed by atoms with Crippen LogP contribution in [-0.2, 0) is 0 Å². The highest BCUT2D eigenvalue weighted by molar-refractivity contribution is 6.67. The monoisotopic (exact) mass is 269 g/mol. The smallest absolute Gasteiger partial charge is 0.207 e. The van der Waals surface area contributed by atoms with Gasteiger partial charge in [-0.25, -0.2) is 22.0 Å². The Morgan fingerprint density at radius 2 is 1.37 bits per heavy atom. The Labute approximate surface area is 107 Å². The van der Waals surface area contributed by atoms with Crippen molar-refractivity contribution in [2.45, 2.75) is 6.92 Å². The highest BCUT2D eigenvalue weighted by Gasteiger charge is 2.19. The zero-order chi connectivity index (χ0) is 14.2.